The van der Waals surface area contributed by atoms with Gasteiger partial charge in [0.25, 0.3) is 0 Å². The van der Waals surface area contributed by atoms with E-state index in [1.165, 1.54) is 0 Å². The Kier molecular flexibility index (Phi) is 6.39. The molecule has 0 aromatic carbocycles. The fourth-order valence-corrected chi connectivity index (χ4v) is 3.28. The van der Waals surface area contributed by atoms with Crippen LogP contribution in [0.3, 0.4) is 0 Å². The van der Waals surface area contributed by atoms with Crippen LogP contribution >= 0.6 is 11.3 Å². The van der Waals surface area contributed by atoms with Crippen molar-refractivity contribution in [3.05, 3.63) is 28.7 Å². The number of hydrogen-bond acceptors (Lipinski definition) is 4. The Bertz CT molecular complexity index is 503. The number of rotatable bonds is 6. The van der Waals surface area contributed by atoms with E-state index in [1.54, 1.807) is 11.3 Å². The molecule has 0 radical (unpaired) electrons. The smallest absolute Gasteiger partial charge is 0.317 e. The average Bonchev–Trinajstić information content (AvgIpc) is 2.94. The quantitative estimate of drug-likeness (QED) is 0.646. The molecule has 2 rings (SSSR count). The number of aromatic nitrogens is 1. The van der Waals surface area contributed by atoms with Gasteiger partial charge in [-0.3, -0.25) is 0 Å². The van der Waals surface area contributed by atoms with Crippen LogP contribution in [0.15, 0.2) is 18.0 Å². The van der Waals surface area contributed by atoms with Crippen LogP contribution in [0.1, 0.15) is 43.0 Å². The van der Waals surface area contributed by atoms with Gasteiger partial charge in [0.15, 0.2) is 0 Å². The molecule has 0 spiro atoms. The van der Waals surface area contributed by atoms with Crippen LogP contribution in [0.4, 0.5) is 4.79 Å². The van der Waals surface area contributed by atoms with E-state index in [4.69, 9.17) is 4.74 Å². The van der Waals surface area contributed by atoms with Gasteiger partial charge >= 0.3 is 6.03 Å². The zero-order chi connectivity index (χ0) is 15.9. The lowest BCUT2D eigenvalue weighted by molar-refractivity contribution is -0.0158. The van der Waals surface area contributed by atoms with Crippen molar-refractivity contribution < 1.29 is 9.53 Å². The summed E-state index contributed by atoms with van der Waals surface area (Å²) in [6.07, 6.45) is 4.82. The molecular weight excluding hydrogens is 298 g/mol. The maximum Gasteiger partial charge on any atom is 0.317 e. The van der Waals surface area contributed by atoms with Crippen molar-refractivity contribution in [2.45, 2.75) is 45.3 Å². The van der Waals surface area contributed by atoms with Gasteiger partial charge in [-0.1, -0.05) is 6.08 Å². The first kappa shape index (κ1) is 17.0. The van der Waals surface area contributed by atoms with Crippen LogP contribution in [-0.4, -0.2) is 41.7 Å². The van der Waals surface area contributed by atoms with Crippen molar-refractivity contribution in [2.75, 3.05) is 19.7 Å². The van der Waals surface area contributed by atoms with Crippen molar-refractivity contribution >= 4 is 17.4 Å². The molecule has 1 aromatic heterocycles. The second kappa shape index (κ2) is 8.29. The third-order valence-corrected chi connectivity index (χ3v) is 4.74. The minimum atomic E-state index is -0.103. The minimum absolute atomic E-state index is 0.00678. The van der Waals surface area contributed by atoms with E-state index in [9.17, 15) is 4.79 Å². The number of unbranched alkanes of at least 4 members (excludes halogenated alkanes) is 1. The third-order valence-electron chi connectivity index (χ3n) is 3.68. The third kappa shape index (κ3) is 4.81. The van der Waals surface area contributed by atoms with E-state index in [0.717, 1.165) is 30.0 Å². The molecule has 1 saturated heterocycles. The molecule has 2 atom stereocenters. The summed E-state index contributed by atoms with van der Waals surface area (Å²) in [6.45, 7) is 9.49. The van der Waals surface area contributed by atoms with Gasteiger partial charge < -0.3 is 15.0 Å². The molecule has 1 fully saturated rings. The summed E-state index contributed by atoms with van der Waals surface area (Å²) >= 11 is 1.59. The molecule has 1 aliphatic heterocycles. The average molecular weight is 323 g/mol. The van der Waals surface area contributed by atoms with E-state index in [1.807, 2.05) is 30.2 Å². The van der Waals surface area contributed by atoms with E-state index in [2.05, 4.69) is 16.9 Å². The Morgan fingerprint density at radius 3 is 3.23 bits per heavy atom. The standard InChI is InChI=1S/C16H25N3O2S/c1-4-5-6-7-12(2)18-16(20)19-8-9-21-14(10-19)15-17-13(3)11-22-15/h4,11-12,14H,1,5-10H2,2-3H3,(H,18,20)/t12-,14+/m0/s1. The molecule has 0 unspecified atom stereocenters. The molecule has 122 valence electrons. The summed E-state index contributed by atoms with van der Waals surface area (Å²) < 4.78 is 5.76. The van der Waals surface area contributed by atoms with E-state index < -0.39 is 0 Å². The van der Waals surface area contributed by atoms with Gasteiger partial charge in [-0.15, -0.1) is 17.9 Å². The molecule has 0 bridgehead atoms. The van der Waals surface area contributed by atoms with Gasteiger partial charge in [-0.05, 0) is 33.1 Å². The number of ether oxygens (including phenoxy) is 1. The van der Waals surface area contributed by atoms with Gasteiger partial charge in [0.1, 0.15) is 11.1 Å². The number of aryl methyl sites for hydroxylation is 1. The fraction of sp³-hybridized carbons (Fsp3) is 0.625. The summed E-state index contributed by atoms with van der Waals surface area (Å²) in [5.74, 6) is 0. The van der Waals surface area contributed by atoms with Gasteiger partial charge in [0, 0.05) is 23.7 Å². The fourth-order valence-electron chi connectivity index (χ4n) is 2.45. The molecule has 5 nitrogen and oxygen atoms in total. The van der Waals surface area contributed by atoms with Gasteiger partial charge in [0.2, 0.25) is 0 Å². The maximum absolute atomic E-state index is 12.3. The monoisotopic (exact) mass is 323 g/mol. The largest absolute Gasteiger partial charge is 0.367 e. The molecule has 22 heavy (non-hydrogen) atoms. The van der Waals surface area contributed by atoms with Crippen molar-refractivity contribution in [1.29, 1.82) is 0 Å². The molecule has 2 heterocycles. The summed E-state index contributed by atoms with van der Waals surface area (Å²) in [4.78, 5) is 18.6. The molecule has 0 saturated carbocycles. The number of urea groups is 1. The van der Waals surface area contributed by atoms with Crippen molar-refractivity contribution in [3.63, 3.8) is 0 Å². The van der Waals surface area contributed by atoms with E-state index >= 15 is 0 Å². The summed E-state index contributed by atoms with van der Waals surface area (Å²) in [6, 6.07) is 0.170. The van der Waals surface area contributed by atoms with Crippen molar-refractivity contribution in [1.82, 2.24) is 15.2 Å². The molecule has 1 aromatic rings. The SMILES string of the molecule is C=CCCC[C@H](C)NC(=O)N1CCO[C@@H](c2nc(C)cs2)C1. The highest BCUT2D eigenvalue weighted by Crippen LogP contribution is 2.25. The minimum Gasteiger partial charge on any atom is -0.367 e. The normalized spacial score (nSPS) is 19.7. The zero-order valence-electron chi connectivity index (χ0n) is 13.4. The Morgan fingerprint density at radius 2 is 2.55 bits per heavy atom. The lowest BCUT2D eigenvalue weighted by atomic mass is 10.1. The highest BCUT2D eigenvalue weighted by atomic mass is 32.1. The van der Waals surface area contributed by atoms with Gasteiger partial charge in [-0.2, -0.15) is 0 Å². The van der Waals surface area contributed by atoms with Crippen LogP contribution in [0.25, 0.3) is 0 Å². The molecule has 6 heteroatoms. The Morgan fingerprint density at radius 1 is 1.73 bits per heavy atom. The predicted molar refractivity (Wildman–Crippen MR) is 89.2 cm³/mol. The first-order valence-electron chi connectivity index (χ1n) is 7.80. The summed E-state index contributed by atoms with van der Waals surface area (Å²) in [5, 5.41) is 6.03. The van der Waals surface area contributed by atoms with Crippen molar-refractivity contribution in [2.24, 2.45) is 0 Å². The number of carbonyl (C=O) groups is 1. The zero-order valence-corrected chi connectivity index (χ0v) is 14.2. The number of nitrogens with one attached hydrogen (secondary N) is 1. The second-order valence-electron chi connectivity index (χ2n) is 5.70. The van der Waals surface area contributed by atoms with Crippen LogP contribution in [0.5, 0.6) is 0 Å². The second-order valence-corrected chi connectivity index (χ2v) is 6.59. The number of allylic oxidation sites excluding steroid dienone is 1. The predicted octanol–water partition coefficient (Wildman–Crippen LogP) is 3.28. The lowest BCUT2D eigenvalue weighted by Gasteiger charge is -2.32. The summed E-state index contributed by atoms with van der Waals surface area (Å²) in [5.41, 5.74) is 1.00. The molecule has 1 aliphatic rings. The Hall–Kier alpha value is -1.40. The first-order valence-corrected chi connectivity index (χ1v) is 8.68. The number of thiazole rings is 1. The highest BCUT2D eigenvalue weighted by Gasteiger charge is 2.27. The maximum atomic E-state index is 12.3. The van der Waals surface area contributed by atoms with Gasteiger partial charge in [0.05, 0.1) is 13.2 Å². The number of morpholine rings is 1. The van der Waals surface area contributed by atoms with Crippen LogP contribution in [0.2, 0.25) is 0 Å². The van der Waals surface area contributed by atoms with E-state index in [-0.39, 0.29) is 18.2 Å². The molecule has 1 N–H and O–H groups in total. The number of amides is 2. The number of carbonyl (C=O) groups excluding carboxylic acids is 1. The molecule has 0 aliphatic carbocycles. The Labute approximate surface area is 136 Å². The number of hydrogen-bond donors (Lipinski definition) is 1. The van der Waals surface area contributed by atoms with Crippen LogP contribution in [-0.2, 0) is 4.74 Å². The van der Waals surface area contributed by atoms with Crippen LogP contribution in [0, 0.1) is 6.92 Å². The van der Waals surface area contributed by atoms with Gasteiger partial charge in [-0.25, -0.2) is 9.78 Å². The van der Waals surface area contributed by atoms with Crippen molar-refractivity contribution in [3.8, 4) is 0 Å². The Balaban J connectivity index is 1.83. The van der Waals surface area contributed by atoms with E-state index in [0.29, 0.717) is 19.7 Å². The molecule has 2 amide bonds. The summed E-state index contributed by atoms with van der Waals surface area (Å²) in [7, 11) is 0. The molecular formula is C16H25N3O2S. The highest BCUT2D eigenvalue weighted by molar-refractivity contribution is 7.09. The topological polar surface area (TPSA) is 54.5 Å². The lowest BCUT2D eigenvalue weighted by Crippen LogP contribution is -2.49. The van der Waals surface area contributed by atoms with Crippen LogP contribution < -0.4 is 5.32 Å². The first-order chi connectivity index (χ1) is 10.6. The number of nitrogens with zero attached hydrogens (tertiary/aromatic N) is 2.